The third kappa shape index (κ3) is 3.68. The minimum absolute atomic E-state index is 0.0378. The predicted molar refractivity (Wildman–Crippen MR) is 134 cm³/mol. The van der Waals surface area contributed by atoms with Crippen LogP contribution in [0.5, 0.6) is 5.75 Å². The Labute approximate surface area is 210 Å². The molecule has 2 aliphatic carbocycles. The van der Waals surface area contributed by atoms with Gasteiger partial charge in [-0.2, -0.15) is 5.10 Å². The first-order valence-electron chi connectivity index (χ1n) is 12.2. The summed E-state index contributed by atoms with van der Waals surface area (Å²) in [5, 5.41) is 5.29. The van der Waals surface area contributed by atoms with E-state index in [0.29, 0.717) is 40.2 Å². The molecule has 190 valence electrons. The van der Waals surface area contributed by atoms with E-state index in [2.05, 4.69) is 9.97 Å². The molecule has 37 heavy (non-hydrogen) atoms. The molecule has 1 unspecified atom stereocenters. The number of rotatable bonds is 6. The number of nitrogen functional groups attached to an aromatic ring is 1. The van der Waals surface area contributed by atoms with Crippen LogP contribution in [0.15, 0.2) is 35.4 Å². The van der Waals surface area contributed by atoms with Crippen molar-refractivity contribution in [3.05, 3.63) is 63.9 Å². The highest BCUT2D eigenvalue weighted by Crippen LogP contribution is 2.40. The third-order valence-corrected chi connectivity index (χ3v) is 6.97. The number of allylic oxidation sites excluding steroid dienone is 1. The number of nitrogens with two attached hydrogens (primary N) is 1. The van der Waals surface area contributed by atoms with Gasteiger partial charge in [-0.1, -0.05) is 13.0 Å². The number of alkyl halides is 1. The second kappa shape index (κ2) is 8.75. The maximum atomic E-state index is 14.8. The molecule has 3 aromatic heterocycles. The van der Waals surface area contributed by atoms with Gasteiger partial charge in [0.25, 0.3) is 5.56 Å². The van der Waals surface area contributed by atoms with Crippen LogP contribution in [-0.2, 0) is 0 Å². The Morgan fingerprint density at radius 3 is 2.78 bits per heavy atom. The standard InChI is InChI=1S/C26H25F2N7O2/c1-3-18(24-32-17-6-4-5-15(27)20(17)26(36)34(24)14-8-9-14)35-25-21(23(29)30-12-31-25)22(33-35)13-7-10-19(37-2)16(28)11-13/h4,6-7,10-12,14-15,18H,3,5,8-9H2,1-2H3,(H2,29,30,31)/t15?,18-/m1/s1. The van der Waals surface area contributed by atoms with Crippen molar-refractivity contribution in [3.63, 3.8) is 0 Å². The van der Waals surface area contributed by atoms with E-state index in [-0.39, 0.29) is 35.2 Å². The lowest BCUT2D eigenvalue weighted by Crippen LogP contribution is -2.33. The Morgan fingerprint density at radius 1 is 1.27 bits per heavy atom. The SMILES string of the molecule is CC[C@H](c1nc2c(c(=O)n1C1CC1)C(F)CC=C2)n1nc(-c2ccc(OC)c(F)c2)c2c(N)ncnc21. The quantitative estimate of drug-likeness (QED) is 0.409. The predicted octanol–water partition coefficient (Wildman–Crippen LogP) is 4.54. The number of anilines is 1. The average Bonchev–Trinajstić information content (AvgIpc) is 3.65. The van der Waals surface area contributed by atoms with E-state index >= 15 is 0 Å². The van der Waals surface area contributed by atoms with Gasteiger partial charge in [-0.05, 0) is 43.5 Å². The van der Waals surface area contributed by atoms with Gasteiger partial charge >= 0.3 is 0 Å². The minimum Gasteiger partial charge on any atom is -0.494 e. The van der Waals surface area contributed by atoms with E-state index in [4.69, 9.17) is 20.6 Å². The van der Waals surface area contributed by atoms with Gasteiger partial charge in [0.05, 0.1) is 23.8 Å². The molecule has 0 saturated heterocycles. The molecule has 2 atom stereocenters. The van der Waals surface area contributed by atoms with E-state index in [9.17, 15) is 13.6 Å². The molecular weight excluding hydrogens is 480 g/mol. The van der Waals surface area contributed by atoms with Gasteiger partial charge in [-0.3, -0.25) is 9.36 Å². The van der Waals surface area contributed by atoms with Crippen molar-refractivity contribution in [3.8, 4) is 17.0 Å². The molecule has 9 nitrogen and oxygen atoms in total. The number of hydrogen-bond acceptors (Lipinski definition) is 7. The maximum absolute atomic E-state index is 14.8. The molecule has 0 amide bonds. The third-order valence-electron chi connectivity index (χ3n) is 6.97. The number of benzene rings is 1. The van der Waals surface area contributed by atoms with Crippen molar-refractivity contribution in [2.75, 3.05) is 12.8 Å². The molecule has 0 spiro atoms. The Bertz CT molecular complexity index is 1620. The maximum Gasteiger partial charge on any atom is 0.260 e. The summed E-state index contributed by atoms with van der Waals surface area (Å²) >= 11 is 0. The molecule has 0 aliphatic heterocycles. The van der Waals surface area contributed by atoms with Crippen molar-refractivity contribution in [2.45, 2.75) is 50.9 Å². The first-order chi connectivity index (χ1) is 17.9. The van der Waals surface area contributed by atoms with Gasteiger partial charge in [0.2, 0.25) is 0 Å². The van der Waals surface area contributed by atoms with Gasteiger partial charge in [0.1, 0.15) is 35.9 Å². The molecule has 1 fully saturated rings. The van der Waals surface area contributed by atoms with Crippen LogP contribution in [0.3, 0.4) is 0 Å². The van der Waals surface area contributed by atoms with Gasteiger partial charge in [-0.15, -0.1) is 0 Å². The van der Waals surface area contributed by atoms with Crippen LogP contribution >= 0.6 is 0 Å². The van der Waals surface area contributed by atoms with Crippen molar-refractivity contribution in [1.29, 1.82) is 0 Å². The Kier molecular flexibility index (Phi) is 5.50. The molecule has 11 heteroatoms. The van der Waals surface area contributed by atoms with Gasteiger partial charge in [0.15, 0.2) is 17.2 Å². The summed E-state index contributed by atoms with van der Waals surface area (Å²) in [6.45, 7) is 1.95. The summed E-state index contributed by atoms with van der Waals surface area (Å²) in [6, 6.07) is 3.97. The Morgan fingerprint density at radius 2 is 2.08 bits per heavy atom. The Hall–Kier alpha value is -4.15. The zero-order valence-corrected chi connectivity index (χ0v) is 20.4. The lowest BCUT2D eigenvalue weighted by atomic mass is 10.0. The number of halogens is 2. The highest BCUT2D eigenvalue weighted by Gasteiger charge is 2.35. The summed E-state index contributed by atoms with van der Waals surface area (Å²) in [5.41, 5.74) is 7.66. The fourth-order valence-corrected chi connectivity index (χ4v) is 5.03. The van der Waals surface area contributed by atoms with E-state index in [1.807, 2.05) is 6.92 Å². The number of hydrogen-bond donors (Lipinski definition) is 1. The van der Waals surface area contributed by atoms with Crippen LogP contribution in [0.1, 0.15) is 67.9 Å². The number of methoxy groups -OCH3 is 1. The summed E-state index contributed by atoms with van der Waals surface area (Å²) in [4.78, 5) is 26.9. The largest absolute Gasteiger partial charge is 0.494 e. The number of ether oxygens (including phenoxy) is 1. The van der Waals surface area contributed by atoms with Crippen LogP contribution in [0, 0.1) is 5.82 Å². The molecule has 4 aromatic rings. The van der Waals surface area contributed by atoms with Crippen LogP contribution in [0.4, 0.5) is 14.6 Å². The molecule has 2 aliphatic rings. The van der Waals surface area contributed by atoms with E-state index in [0.717, 1.165) is 12.8 Å². The highest BCUT2D eigenvalue weighted by molar-refractivity contribution is 5.98. The molecule has 6 rings (SSSR count). The normalized spacial score (nSPS) is 17.7. The summed E-state index contributed by atoms with van der Waals surface area (Å²) in [6.07, 6.45) is 5.67. The summed E-state index contributed by atoms with van der Waals surface area (Å²) in [5.74, 6) is 0.241. The summed E-state index contributed by atoms with van der Waals surface area (Å²) < 4.78 is 37.7. The van der Waals surface area contributed by atoms with Crippen LogP contribution in [-0.4, -0.2) is 36.4 Å². The van der Waals surface area contributed by atoms with E-state index in [1.54, 1.807) is 27.5 Å². The molecule has 1 saturated carbocycles. The smallest absolute Gasteiger partial charge is 0.260 e. The molecule has 0 radical (unpaired) electrons. The lowest BCUT2D eigenvalue weighted by Gasteiger charge is -2.24. The van der Waals surface area contributed by atoms with Crippen LogP contribution in [0.2, 0.25) is 0 Å². The van der Waals surface area contributed by atoms with Crippen molar-refractivity contribution < 1.29 is 13.5 Å². The zero-order chi connectivity index (χ0) is 25.8. The second-order valence-corrected chi connectivity index (χ2v) is 9.30. The van der Waals surface area contributed by atoms with Crippen molar-refractivity contribution in [1.82, 2.24) is 29.3 Å². The fraction of sp³-hybridized carbons (Fsp3) is 0.346. The van der Waals surface area contributed by atoms with Crippen LogP contribution < -0.4 is 16.0 Å². The monoisotopic (exact) mass is 505 g/mol. The second-order valence-electron chi connectivity index (χ2n) is 9.30. The zero-order valence-electron chi connectivity index (χ0n) is 20.4. The molecule has 1 aromatic carbocycles. The lowest BCUT2D eigenvalue weighted by molar-refractivity contribution is 0.335. The van der Waals surface area contributed by atoms with Gasteiger partial charge in [-0.25, -0.2) is 28.4 Å². The first kappa shape index (κ1) is 23.3. The Balaban J connectivity index is 1.59. The first-order valence-corrected chi connectivity index (χ1v) is 12.2. The summed E-state index contributed by atoms with van der Waals surface area (Å²) in [7, 11) is 1.39. The van der Waals surface area contributed by atoms with Crippen molar-refractivity contribution in [2.24, 2.45) is 0 Å². The van der Waals surface area contributed by atoms with E-state index < -0.39 is 18.0 Å². The fourth-order valence-electron chi connectivity index (χ4n) is 5.03. The number of aromatic nitrogens is 6. The van der Waals surface area contributed by atoms with Gasteiger partial charge in [0, 0.05) is 18.0 Å². The molecule has 2 N–H and O–H groups in total. The highest BCUT2D eigenvalue weighted by atomic mass is 19.1. The minimum atomic E-state index is -1.38. The molecule has 3 heterocycles. The number of fused-ring (bicyclic) bond motifs is 2. The molecular formula is C26H25F2N7O2. The van der Waals surface area contributed by atoms with Gasteiger partial charge < -0.3 is 10.5 Å². The topological polar surface area (TPSA) is 114 Å². The molecule has 0 bridgehead atoms. The van der Waals surface area contributed by atoms with Crippen LogP contribution in [0.25, 0.3) is 28.4 Å². The van der Waals surface area contributed by atoms with E-state index in [1.165, 1.54) is 25.6 Å². The van der Waals surface area contributed by atoms with Crippen molar-refractivity contribution >= 4 is 22.9 Å². The average molecular weight is 506 g/mol. The number of nitrogens with zero attached hydrogens (tertiary/aromatic N) is 6.